The number of benzene rings is 2. The summed E-state index contributed by atoms with van der Waals surface area (Å²) in [5.74, 6) is 0.754. The van der Waals surface area contributed by atoms with Gasteiger partial charge in [0.1, 0.15) is 11.3 Å². The van der Waals surface area contributed by atoms with Crippen molar-refractivity contribution in [2.24, 2.45) is 0 Å². The summed E-state index contributed by atoms with van der Waals surface area (Å²) in [5, 5.41) is 13.5. The lowest BCUT2D eigenvalue weighted by Crippen LogP contribution is -2.16. The molecule has 1 atom stereocenters. The van der Waals surface area contributed by atoms with Crippen LogP contribution in [0.5, 0.6) is 5.75 Å². The summed E-state index contributed by atoms with van der Waals surface area (Å²) >= 11 is 0. The molecule has 0 aliphatic heterocycles. The number of carbonyl (C=O) groups excluding carboxylic acids is 1. The third kappa shape index (κ3) is 4.36. The zero-order valence-corrected chi connectivity index (χ0v) is 16.9. The van der Waals surface area contributed by atoms with Crippen LogP contribution in [-0.4, -0.2) is 15.9 Å². The van der Waals surface area contributed by atoms with Crippen molar-refractivity contribution < 1.29 is 9.53 Å². The number of nitriles is 1. The molecule has 2 aromatic carbocycles. The first-order valence-corrected chi connectivity index (χ1v) is 9.95. The molecular formula is C25H20N4O2. The van der Waals surface area contributed by atoms with Gasteiger partial charge in [-0.2, -0.15) is 5.26 Å². The number of hydrogen-bond acceptors (Lipinski definition) is 6. The number of anilines is 1. The van der Waals surface area contributed by atoms with E-state index in [4.69, 9.17) is 10.00 Å². The summed E-state index contributed by atoms with van der Waals surface area (Å²) in [5.41, 5.74) is 2.83. The largest absolute Gasteiger partial charge is 0.424 e. The van der Waals surface area contributed by atoms with Gasteiger partial charge in [-0.05, 0) is 35.9 Å². The molecule has 4 aromatic rings. The molecule has 6 heteroatoms. The smallest absolute Gasteiger partial charge is 0.310 e. The molecule has 0 fully saturated rings. The Morgan fingerprint density at radius 2 is 1.84 bits per heavy atom. The second-order valence-electron chi connectivity index (χ2n) is 6.91. The minimum Gasteiger partial charge on any atom is -0.424 e. The SMILES string of the molecule is CCC(=O)Oc1c(C(Nc2ccccn2)c2ccc(C#N)cc2)ccc2cccnc12. The van der Waals surface area contributed by atoms with E-state index in [0.29, 0.717) is 22.6 Å². The summed E-state index contributed by atoms with van der Waals surface area (Å²) in [7, 11) is 0. The van der Waals surface area contributed by atoms with Crippen molar-refractivity contribution >= 4 is 22.7 Å². The number of fused-ring (bicyclic) bond motifs is 1. The van der Waals surface area contributed by atoms with E-state index >= 15 is 0 Å². The fourth-order valence-electron chi connectivity index (χ4n) is 3.34. The monoisotopic (exact) mass is 408 g/mol. The van der Waals surface area contributed by atoms with Gasteiger partial charge in [-0.15, -0.1) is 0 Å². The molecule has 152 valence electrons. The van der Waals surface area contributed by atoms with Crippen molar-refractivity contribution in [1.82, 2.24) is 9.97 Å². The van der Waals surface area contributed by atoms with E-state index < -0.39 is 0 Å². The van der Waals surface area contributed by atoms with Crippen LogP contribution in [-0.2, 0) is 4.79 Å². The number of ether oxygens (including phenoxy) is 1. The topological polar surface area (TPSA) is 87.9 Å². The average Bonchev–Trinajstić information content (AvgIpc) is 2.83. The molecule has 2 aromatic heterocycles. The molecule has 0 spiro atoms. The van der Waals surface area contributed by atoms with Gasteiger partial charge in [0.15, 0.2) is 5.75 Å². The number of hydrogen-bond donors (Lipinski definition) is 1. The zero-order valence-electron chi connectivity index (χ0n) is 16.9. The van der Waals surface area contributed by atoms with Crippen LogP contribution in [0, 0.1) is 11.3 Å². The van der Waals surface area contributed by atoms with Crippen molar-refractivity contribution in [3.05, 3.63) is 95.8 Å². The Balaban J connectivity index is 1.89. The molecule has 0 saturated heterocycles. The van der Waals surface area contributed by atoms with E-state index in [0.717, 1.165) is 16.5 Å². The Morgan fingerprint density at radius 3 is 2.55 bits per heavy atom. The molecule has 0 aliphatic carbocycles. The van der Waals surface area contributed by atoms with Crippen LogP contribution in [0.4, 0.5) is 5.82 Å². The van der Waals surface area contributed by atoms with Crippen LogP contribution in [0.3, 0.4) is 0 Å². The molecule has 1 unspecified atom stereocenters. The molecule has 0 bridgehead atoms. The summed E-state index contributed by atoms with van der Waals surface area (Å²) in [4.78, 5) is 21.1. The van der Waals surface area contributed by atoms with Gasteiger partial charge in [0, 0.05) is 29.8 Å². The summed E-state index contributed by atoms with van der Waals surface area (Å²) < 4.78 is 5.78. The predicted molar refractivity (Wildman–Crippen MR) is 119 cm³/mol. The standard InChI is InChI=1S/C25H20N4O2/c1-2-22(30)31-25-20(13-12-18-6-5-15-28-24(18)25)23(29-21-7-3-4-14-27-21)19-10-8-17(16-26)9-11-19/h3-15,23H,2H2,1H3,(H,27,29). The van der Waals surface area contributed by atoms with Gasteiger partial charge >= 0.3 is 5.97 Å². The molecule has 0 radical (unpaired) electrons. The summed E-state index contributed by atoms with van der Waals surface area (Å²) in [6, 6.07) is 22.3. The van der Waals surface area contributed by atoms with Crippen molar-refractivity contribution in [3.63, 3.8) is 0 Å². The number of nitrogens with zero attached hydrogens (tertiary/aromatic N) is 3. The van der Waals surface area contributed by atoms with Crippen molar-refractivity contribution in [1.29, 1.82) is 5.26 Å². The van der Waals surface area contributed by atoms with Gasteiger partial charge in [0.2, 0.25) is 0 Å². The zero-order chi connectivity index (χ0) is 21.6. The fourth-order valence-corrected chi connectivity index (χ4v) is 3.34. The first-order chi connectivity index (χ1) is 15.2. The molecule has 1 N–H and O–H groups in total. The van der Waals surface area contributed by atoms with Crippen LogP contribution in [0.25, 0.3) is 10.9 Å². The molecule has 0 aliphatic rings. The Morgan fingerprint density at radius 1 is 1.03 bits per heavy atom. The van der Waals surface area contributed by atoms with Crippen LogP contribution in [0.15, 0.2) is 79.1 Å². The lowest BCUT2D eigenvalue weighted by molar-refractivity contribution is -0.133. The first kappa shape index (κ1) is 20.0. The minimum absolute atomic E-state index is 0.248. The highest BCUT2D eigenvalue weighted by Crippen LogP contribution is 2.37. The Hall–Kier alpha value is -4.24. The Kier molecular flexibility index (Phi) is 5.86. The number of esters is 1. The number of aromatic nitrogens is 2. The van der Waals surface area contributed by atoms with Gasteiger partial charge in [0.25, 0.3) is 0 Å². The van der Waals surface area contributed by atoms with E-state index in [1.165, 1.54) is 0 Å². The van der Waals surface area contributed by atoms with Crippen LogP contribution >= 0.6 is 0 Å². The van der Waals surface area contributed by atoms with E-state index in [1.807, 2.05) is 54.6 Å². The normalized spacial score (nSPS) is 11.5. The maximum absolute atomic E-state index is 12.3. The maximum atomic E-state index is 12.3. The van der Waals surface area contributed by atoms with Gasteiger partial charge < -0.3 is 10.1 Å². The van der Waals surface area contributed by atoms with Crippen LogP contribution < -0.4 is 10.1 Å². The Bertz CT molecular complexity index is 1250. The minimum atomic E-state index is -0.381. The number of pyridine rings is 2. The number of rotatable bonds is 6. The fraction of sp³-hybridized carbons (Fsp3) is 0.120. The lowest BCUT2D eigenvalue weighted by atomic mass is 9.95. The third-order valence-electron chi connectivity index (χ3n) is 4.90. The number of carbonyl (C=O) groups is 1. The molecule has 31 heavy (non-hydrogen) atoms. The highest BCUT2D eigenvalue weighted by atomic mass is 16.5. The molecule has 6 nitrogen and oxygen atoms in total. The molecule has 2 heterocycles. The quantitative estimate of drug-likeness (QED) is 0.356. The highest BCUT2D eigenvalue weighted by molar-refractivity contribution is 5.89. The third-order valence-corrected chi connectivity index (χ3v) is 4.90. The summed E-state index contributed by atoms with van der Waals surface area (Å²) in [6.45, 7) is 1.75. The predicted octanol–water partition coefficient (Wildman–Crippen LogP) is 5.02. The van der Waals surface area contributed by atoms with Crippen molar-refractivity contribution in [2.45, 2.75) is 19.4 Å². The molecule has 4 rings (SSSR count). The van der Waals surface area contributed by atoms with Gasteiger partial charge in [-0.3, -0.25) is 9.78 Å². The van der Waals surface area contributed by atoms with Crippen LogP contribution in [0.2, 0.25) is 0 Å². The van der Waals surface area contributed by atoms with E-state index in [9.17, 15) is 4.79 Å². The van der Waals surface area contributed by atoms with Crippen molar-refractivity contribution in [2.75, 3.05) is 5.32 Å². The molecular weight excluding hydrogens is 388 g/mol. The summed E-state index contributed by atoms with van der Waals surface area (Å²) in [6.07, 6.45) is 3.63. The second-order valence-corrected chi connectivity index (χ2v) is 6.91. The van der Waals surface area contributed by atoms with Gasteiger partial charge in [0.05, 0.1) is 17.7 Å². The molecule has 0 amide bonds. The lowest BCUT2D eigenvalue weighted by Gasteiger charge is -2.23. The van der Waals surface area contributed by atoms with E-state index in [-0.39, 0.29) is 18.4 Å². The van der Waals surface area contributed by atoms with E-state index in [1.54, 1.807) is 31.5 Å². The first-order valence-electron chi connectivity index (χ1n) is 9.95. The highest BCUT2D eigenvalue weighted by Gasteiger charge is 2.23. The van der Waals surface area contributed by atoms with Gasteiger partial charge in [-0.1, -0.05) is 43.3 Å². The Labute approximate surface area is 180 Å². The van der Waals surface area contributed by atoms with Crippen LogP contribution in [0.1, 0.15) is 36.1 Å². The second kappa shape index (κ2) is 9.06. The van der Waals surface area contributed by atoms with Crippen molar-refractivity contribution in [3.8, 4) is 11.8 Å². The number of nitrogens with one attached hydrogen (secondary N) is 1. The van der Waals surface area contributed by atoms with E-state index in [2.05, 4.69) is 21.4 Å². The molecule has 0 saturated carbocycles. The van der Waals surface area contributed by atoms with Gasteiger partial charge in [-0.25, -0.2) is 4.98 Å². The average molecular weight is 408 g/mol. The maximum Gasteiger partial charge on any atom is 0.310 e.